The highest BCUT2D eigenvalue weighted by atomic mass is 35.5. The lowest BCUT2D eigenvalue weighted by Gasteiger charge is -2.31. The molecule has 1 aliphatic rings. The van der Waals surface area contributed by atoms with Gasteiger partial charge in [-0.2, -0.15) is 0 Å². The van der Waals surface area contributed by atoms with Crippen LogP contribution in [0, 0.1) is 0 Å². The maximum Gasteiger partial charge on any atom is 0.351 e. The van der Waals surface area contributed by atoms with Crippen molar-refractivity contribution in [2.45, 2.75) is 6.10 Å². The molecule has 18 heavy (non-hydrogen) atoms. The number of nitrogens with zero attached hydrogens (tertiary/aromatic N) is 2. The highest BCUT2D eigenvalue weighted by Crippen LogP contribution is 2.31. The van der Waals surface area contributed by atoms with E-state index in [0.29, 0.717) is 29.7 Å². The Morgan fingerprint density at radius 2 is 2.56 bits per heavy atom. The van der Waals surface area contributed by atoms with Crippen molar-refractivity contribution < 1.29 is 19.4 Å². The third kappa shape index (κ3) is 2.74. The predicted molar refractivity (Wildman–Crippen MR) is 67.5 cm³/mol. The zero-order valence-electron chi connectivity index (χ0n) is 9.76. The van der Waals surface area contributed by atoms with Gasteiger partial charge in [-0.05, 0) is 0 Å². The first-order valence-electron chi connectivity index (χ1n) is 5.37. The Hall–Kier alpha value is -0.890. The third-order valence-corrected chi connectivity index (χ3v) is 4.04. The van der Waals surface area contributed by atoms with E-state index >= 15 is 0 Å². The van der Waals surface area contributed by atoms with Gasteiger partial charge in [0.15, 0.2) is 15.2 Å². The van der Waals surface area contributed by atoms with Crippen LogP contribution in [0.5, 0.6) is 0 Å². The van der Waals surface area contributed by atoms with Crippen LogP contribution in [0.2, 0.25) is 5.15 Å². The Balaban J connectivity index is 2.16. The number of aliphatic hydroxyl groups excluding tert-OH is 1. The molecule has 2 rings (SSSR count). The number of halogens is 1. The van der Waals surface area contributed by atoms with Crippen LogP contribution in [0.1, 0.15) is 9.67 Å². The SMILES string of the molecule is COC(=O)c1sc(N2CCOC(CO)C2)nc1Cl. The number of anilines is 1. The van der Waals surface area contributed by atoms with Crippen LogP contribution in [0.25, 0.3) is 0 Å². The number of rotatable bonds is 3. The Bertz CT molecular complexity index is 440. The predicted octanol–water partition coefficient (Wildman–Crippen LogP) is 0.781. The van der Waals surface area contributed by atoms with Gasteiger partial charge in [0.1, 0.15) is 0 Å². The molecule has 2 heterocycles. The van der Waals surface area contributed by atoms with Gasteiger partial charge in [0.25, 0.3) is 0 Å². The van der Waals surface area contributed by atoms with Gasteiger partial charge in [0, 0.05) is 13.1 Å². The molecule has 0 spiro atoms. The first-order valence-corrected chi connectivity index (χ1v) is 6.57. The molecule has 1 saturated heterocycles. The average Bonchev–Trinajstić information content (AvgIpc) is 2.80. The van der Waals surface area contributed by atoms with Gasteiger partial charge in [0.05, 0.1) is 26.4 Å². The van der Waals surface area contributed by atoms with Crippen LogP contribution in [-0.2, 0) is 9.47 Å². The Kier molecular flexibility index (Phi) is 4.39. The summed E-state index contributed by atoms with van der Waals surface area (Å²) < 4.78 is 9.97. The third-order valence-electron chi connectivity index (χ3n) is 2.56. The van der Waals surface area contributed by atoms with Gasteiger partial charge in [-0.15, -0.1) is 0 Å². The first kappa shape index (κ1) is 13.5. The van der Waals surface area contributed by atoms with Crippen molar-refractivity contribution in [3.63, 3.8) is 0 Å². The highest BCUT2D eigenvalue weighted by molar-refractivity contribution is 7.18. The summed E-state index contributed by atoms with van der Waals surface area (Å²) >= 11 is 7.08. The number of morpholine rings is 1. The van der Waals surface area contributed by atoms with Crippen LogP contribution in [0.15, 0.2) is 0 Å². The molecule has 6 nitrogen and oxygen atoms in total. The molecule has 1 aromatic heterocycles. The minimum absolute atomic E-state index is 0.0422. The monoisotopic (exact) mass is 292 g/mol. The van der Waals surface area contributed by atoms with Crippen molar-refractivity contribution >= 4 is 34.0 Å². The fraction of sp³-hybridized carbons (Fsp3) is 0.600. The van der Waals surface area contributed by atoms with Crippen molar-refractivity contribution in [2.24, 2.45) is 0 Å². The lowest BCUT2D eigenvalue weighted by Crippen LogP contribution is -2.44. The minimum Gasteiger partial charge on any atom is -0.465 e. The molecule has 0 aromatic carbocycles. The average molecular weight is 293 g/mol. The minimum atomic E-state index is -0.490. The van der Waals surface area contributed by atoms with Gasteiger partial charge in [-0.25, -0.2) is 9.78 Å². The number of carbonyl (C=O) groups is 1. The number of hydrogen-bond donors (Lipinski definition) is 1. The van der Waals surface area contributed by atoms with E-state index in [1.807, 2.05) is 4.90 Å². The second-order valence-electron chi connectivity index (χ2n) is 3.73. The Labute approximate surface area is 113 Å². The van der Waals surface area contributed by atoms with Crippen LogP contribution >= 0.6 is 22.9 Å². The molecule has 1 N–H and O–H groups in total. The van der Waals surface area contributed by atoms with Gasteiger partial charge in [-0.1, -0.05) is 22.9 Å². The molecular weight excluding hydrogens is 280 g/mol. The molecule has 8 heteroatoms. The number of hydrogen-bond acceptors (Lipinski definition) is 7. The van der Waals surface area contributed by atoms with E-state index in [9.17, 15) is 4.79 Å². The maximum absolute atomic E-state index is 11.4. The van der Waals surface area contributed by atoms with E-state index in [-0.39, 0.29) is 17.9 Å². The topological polar surface area (TPSA) is 71.9 Å². The number of carbonyl (C=O) groups excluding carboxylic acids is 1. The molecule has 1 fully saturated rings. The lowest BCUT2D eigenvalue weighted by atomic mass is 10.3. The number of aromatic nitrogens is 1. The number of aliphatic hydroxyl groups is 1. The normalized spacial score (nSPS) is 19.9. The number of ether oxygens (including phenoxy) is 2. The summed E-state index contributed by atoms with van der Waals surface area (Å²) in [6.45, 7) is 1.65. The summed E-state index contributed by atoms with van der Waals surface area (Å²) in [5.74, 6) is -0.490. The zero-order chi connectivity index (χ0) is 13.1. The van der Waals surface area contributed by atoms with Crippen molar-refractivity contribution in [1.29, 1.82) is 0 Å². The fourth-order valence-corrected chi connectivity index (χ4v) is 2.88. The van der Waals surface area contributed by atoms with E-state index < -0.39 is 5.97 Å². The van der Waals surface area contributed by atoms with E-state index in [1.165, 1.54) is 18.4 Å². The van der Waals surface area contributed by atoms with E-state index in [4.69, 9.17) is 21.4 Å². The van der Waals surface area contributed by atoms with Crippen molar-refractivity contribution in [3.8, 4) is 0 Å². The number of esters is 1. The molecule has 1 aliphatic heterocycles. The number of thiazole rings is 1. The second kappa shape index (κ2) is 5.83. The van der Waals surface area contributed by atoms with Crippen molar-refractivity contribution in [3.05, 3.63) is 10.0 Å². The summed E-state index contributed by atoms with van der Waals surface area (Å²) in [7, 11) is 1.30. The maximum atomic E-state index is 11.4. The second-order valence-corrected chi connectivity index (χ2v) is 5.06. The highest BCUT2D eigenvalue weighted by Gasteiger charge is 2.25. The lowest BCUT2D eigenvalue weighted by molar-refractivity contribution is 0.00356. The molecule has 0 amide bonds. The standard InChI is InChI=1S/C10H13ClN2O4S/c1-16-9(15)7-8(11)12-10(18-7)13-2-3-17-6(4-13)5-14/h6,14H,2-5H2,1H3. The smallest absolute Gasteiger partial charge is 0.351 e. The fourth-order valence-electron chi connectivity index (χ4n) is 1.65. The van der Waals surface area contributed by atoms with E-state index in [1.54, 1.807) is 0 Å². The molecule has 1 atom stereocenters. The number of methoxy groups -OCH3 is 1. The summed E-state index contributed by atoms with van der Waals surface area (Å²) in [4.78, 5) is 17.8. The van der Waals surface area contributed by atoms with Gasteiger partial charge in [-0.3, -0.25) is 0 Å². The summed E-state index contributed by atoms with van der Waals surface area (Å²) in [6.07, 6.45) is -0.233. The summed E-state index contributed by atoms with van der Waals surface area (Å²) in [6, 6.07) is 0. The molecule has 0 radical (unpaired) electrons. The molecule has 0 aliphatic carbocycles. The van der Waals surface area contributed by atoms with Crippen molar-refractivity contribution in [1.82, 2.24) is 4.98 Å². The van der Waals surface area contributed by atoms with E-state index in [0.717, 1.165) is 0 Å². The molecule has 1 aromatic rings. The van der Waals surface area contributed by atoms with E-state index in [2.05, 4.69) is 9.72 Å². The van der Waals surface area contributed by atoms with Crippen molar-refractivity contribution in [2.75, 3.05) is 38.3 Å². The zero-order valence-corrected chi connectivity index (χ0v) is 11.3. The first-order chi connectivity index (χ1) is 8.65. The van der Waals surface area contributed by atoms with Gasteiger partial charge in [0.2, 0.25) is 0 Å². The van der Waals surface area contributed by atoms with Crippen LogP contribution in [-0.4, -0.2) is 55.6 Å². The van der Waals surface area contributed by atoms with Crippen LogP contribution in [0.4, 0.5) is 5.13 Å². The Morgan fingerprint density at radius 1 is 1.78 bits per heavy atom. The van der Waals surface area contributed by atoms with Crippen LogP contribution in [0.3, 0.4) is 0 Å². The van der Waals surface area contributed by atoms with Gasteiger partial charge >= 0.3 is 5.97 Å². The summed E-state index contributed by atoms with van der Waals surface area (Å²) in [5.41, 5.74) is 0. The summed E-state index contributed by atoms with van der Waals surface area (Å²) in [5, 5.41) is 9.86. The van der Waals surface area contributed by atoms with Gasteiger partial charge < -0.3 is 19.5 Å². The molecule has 0 bridgehead atoms. The quantitative estimate of drug-likeness (QED) is 0.830. The van der Waals surface area contributed by atoms with Crippen LogP contribution < -0.4 is 4.90 Å². The largest absolute Gasteiger partial charge is 0.465 e. The molecule has 0 saturated carbocycles. The molecule has 100 valence electrons. The molecule has 1 unspecified atom stereocenters. The molecular formula is C10H13ClN2O4S. The Morgan fingerprint density at radius 3 is 3.22 bits per heavy atom.